The highest BCUT2D eigenvalue weighted by molar-refractivity contribution is 5.55. The lowest BCUT2D eigenvalue weighted by molar-refractivity contribution is 0.224. The highest BCUT2D eigenvalue weighted by atomic mass is 16.5. The summed E-state index contributed by atoms with van der Waals surface area (Å²) >= 11 is 0. The summed E-state index contributed by atoms with van der Waals surface area (Å²) in [6.07, 6.45) is 5.11. The topological polar surface area (TPSA) is 64.9 Å². The van der Waals surface area contributed by atoms with Crippen molar-refractivity contribution in [2.75, 3.05) is 0 Å². The summed E-state index contributed by atoms with van der Waals surface area (Å²) in [4.78, 5) is 4.31. The van der Waals surface area contributed by atoms with Crippen molar-refractivity contribution in [3.8, 4) is 11.4 Å². The molecule has 0 spiro atoms. The first-order chi connectivity index (χ1) is 10.1. The van der Waals surface area contributed by atoms with E-state index in [1.807, 2.05) is 6.07 Å². The first-order valence-corrected chi connectivity index (χ1v) is 7.70. The molecule has 1 aliphatic carbocycles. The van der Waals surface area contributed by atoms with Crippen molar-refractivity contribution in [2.45, 2.75) is 52.0 Å². The Balaban J connectivity index is 1.80. The molecule has 21 heavy (non-hydrogen) atoms. The molecule has 0 aliphatic heterocycles. The number of aromatic nitrogens is 2. The molecule has 0 bridgehead atoms. The van der Waals surface area contributed by atoms with E-state index >= 15 is 0 Å². The summed E-state index contributed by atoms with van der Waals surface area (Å²) < 4.78 is 5.09. The van der Waals surface area contributed by atoms with Crippen LogP contribution in [-0.4, -0.2) is 10.1 Å². The normalized spacial score (nSPS) is 18.8. The van der Waals surface area contributed by atoms with Crippen LogP contribution in [0.5, 0.6) is 0 Å². The standard InChI is InChI=1S/C17H23N3O/c1-17(2)8-6-12(7-9-17)13-4-3-5-14(10-13)16-19-15(11-18)21-20-16/h3-5,10,12H,6-9,11,18H2,1-2H3. The van der Waals surface area contributed by atoms with Crippen LogP contribution >= 0.6 is 0 Å². The van der Waals surface area contributed by atoms with Gasteiger partial charge < -0.3 is 10.3 Å². The number of nitrogens with zero attached hydrogens (tertiary/aromatic N) is 2. The van der Waals surface area contributed by atoms with Crippen molar-refractivity contribution < 1.29 is 4.52 Å². The molecule has 1 aliphatic rings. The molecule has 1 saturated carbocycles. The lowest BCUT2D eigenvalue weighted by Gasteiger charge is -2.34. The zero-order valence-electron chi connectivity index (χ0n) is 12.8. The van der Waals surface area contributed by atoms with Gasteiger partial charge in [0.25, 0.3) is 0 Å². The minimum absolute atomic E-state index is 0.282. The van der Waals surface area contributed by atoms with Gasteiger partial charge in [0.2, 0.25) is 11.7 Å². The minimum Gasteiger partial charge on any atom is -0.338 e. The fourth-order valence-electron chi connectivity index (χ4n) is 3.12. The van der Waals surface area contributed by atoms with E-state index in [4.69, 9.17) is 10.3 Å². The fourth-order valence-corrected chi connectivity index (χ4v) is 3.12. The smallest absolute Gasteiger partial charge is 0.240 e. The molecule has 4 heteroatoms. The maximum absolute atomic E-state index is 5.52. The second-order valence-corrected chi connectivity index (χ2v) is 6.78. The van der Waals surface area contributed by atoms with E-state index in [0.29, 0.717) is 23.0 Å². The number of hydrogen-bond donors (Lipinski definition) is 1. The van der Waals surface area contributed by atoms with Crippen LogP contribution in [0.1, 0.15) is 56.9 Å². The van der Waals surface area contributed by atoms with Gasteiger partial charge in [0, 0.05) is 5.56 Å². The molecular weight excluding hydrogens is 262 g/mol. The van der Waals surface area contributed by atoms with Gasteiger partial charge in [-0.05, 0) is 48.6 Å². The third kappa shape index (κ3) is 3.16. The molecule has 2 N–H and O–H groups in total. The van der Waals surface area contributed by atoms with Crippen LogP contribution in [0.4, 0.5) is 0 Å². The number of hydrogen-bond acceptors (Lipinski definition) is 4. The Morgan fingerprint density at radius 1 is 1.29 bits per heavy atom. The number of rotatable bonds is 3. The Hall–Kier alpha value is -1.68. The van der Waals surface area contributed by atoms with Gasteiger partial charge in [-0.2, -0.15) is 4.98 Å². The Morgan fingerprint density at radius 3 is 2.71 bits per heavy atom. The number of nitrogens with two attached hydrogens (primary N) is 1. The highest BCUT2D eigenvalue weighted by Gasteiger charge is 2.27. The summed E-state index contributed by atoms with van der Waals surface area (Å²) in [5, 5.41) is 4.00. The van der Waals surface area contributed by atoms with Crippen molar-refractivity contribution in [3.63, 3.8) is 0 Å². The highest BCUT2D eigenvalue weighted by Crippen LogP contribution is 2.42. The van der Waals surface area contributed by atoms with Gasteiger partial charge in [-0.25, -0.2) is 0 Å². The maximum Gasteiger partial charge on any atom is 0.240 e. The molecule has 4 nitrogen and oxygen atoms in total. The van der Waals surface area contributed by atoms with Crippen LogP contribution in [-0.2, 0) is 6.54 Å². The second kappa shape index (κ2) is 5.60. The van der Waals surface area contributed by atoms with E-state index in [1.165, 1.54) is 31.2 Å². The Kier molecular flexibility index (Phi) is 3.81. The van der Waals surface area contributed by atoms with Crippen LogP contribution in [0, 0.1) is 5.41 Å². The molecular formula is C17H23N3O. The lowest BCUT2D eigenvalue weighted by Crippen LogP contribution is -2.20. The summed E-state index contributed by atoms with van der Waals surface area (Å²) in [6, 6.07) is 8.54. The van der Waals surface area contributed by atoms with E-state index in [9.17, 15) is 0 Å². The van der Waals surface area contributed by atoms with E-state index in [0.717, 1.165) is 5.56 Å². The van der Waals surface area contributed by atoms with Crippen LogP contribution in [0.15, 0.2) is 28.8 Å². The van der Waals surface area contributed by atoms with Crippen molar-refractivity contribution in [3.05, 3.63) is 35.7 Å². The summed E-state index contributed by atoms with van der Waals surface area (Å²) in [7, 11) is 0. The van der Waals surface area contributed by atoms with Crippen molar-refractivity contribution >= 4 is 0 Å². The molecule has 0 radical (unpaired) electrons. The zero-order chi connectivity index (χ0) is 14.9. The maximum atomic E-state index is 5.52. The van der Waals surface area contributed by atoms with Gasteiger partial charge in [0.05, 0.1) is 6.54 Å². The summed E-state index contributed by atoms with van der Waals surface area (Å²) in [6.45, 7) is 5.02. The lowest BCUT2D eigenvalue weighted by atomic mass is 9.71. The van der Waals surface area contributed by atoms with E-state index in [2.05, 4.69) is 42.2 Å². The molecule has 0 atom stereocenters. The molecule has 3 rings (SSSR count). The Morgan fingerprint density at radius 2 is 2.05 bits per heavy atom. The zero-order valence-corrected chi connectivity index (χ0v) is 12.8. The van der Waals surface area contributed by atoms with Crippen molar-refractivity contribution in [1.82, 2.24) is 10.1 Å². The first kappa shape index (κ1) is 14.3. The molecule has 1 heterocycles. The SMILES string of the molecule is CC1(C)CCC(c2cccc(-c3noc(CN)n3)c2)CC1. The van der Waals surface area contributed by atoms with Gasteiger partial charge in [-0.1, -0.05) is 37.2 Å². The van der Waals surface area contributed by atoms with Gasteiger partial charge in [0.15, 0.2) is 0 Å². The predicted molar refractivity (Wildman–Crippen MR) is 82.6 cm³/mol. The monoisotopic (exact) mass is 285 g/mol. The van der Waals surface area contributed by atoms with E-state index in [-0.39, 0.29) is 6.54 Å². The second-order valence-electron chi connectivity index (χ2n) is 6.78. The Bertz CT molecular complexity index is 608. The molecule has 1 fully saturated rings. The quantitative estimate of drug-likeness (QED) is 0.929. The summed E-state index contributed by atoms with van der Waals surface area (Å²) in [5.74, 6) is 1.77. The molecule has 0 amide bonds. The van der Waals surface area contributed by atoms with E-state index < -0.39 is 0 Å². The minimum atomic E-state index is 0.282. The Labute approximate surface area is 125 Å². The van der Waals surface area contributed by atoms with Gasteiger partial charge in [-0.3, -0.25) is 0 Å². The average molecular weight is 285 g/mol. The molecule has 1 aromatic carbocycles. The number of benzene rings is 1. The average Bonchev–Trinajstić information content (AvgIpc) is 2.96. The molecule has 0 unspecified atom stereocenters. The van der Waals surface area contributed by atoms with Gasteiger partial charge >= 0.3 is 0 Å². The molecule has 2 aromatic rings. The van der Waals surface area contributed by atoms with Crippen LogP contribution < -0.4 is 5.73 Å². The van der Waals surface area contributed by atoms with Crippen LogP contribution in [0.2, 0.25) is 0 Å². The summed E-state index contributed by atoms with van der Waals surface area (Å²) in [5.41, 5.74) is 8.42. The third-order valence-electron chi connectivity index (χ3n) is 4.60. The van der Waals surface area contributed by atoms with Crippen LogP contribution in [0.3, 0.4) is 0 Å². The molecule has 0 saturated heterocycles. The van der Waals surface area contributed by atoms with E-state index in [1.54, 1.807) is 0 Å². The first-order valence-electron chi connectivity index (χ1n) is 7.70. The van der Waals surface area contributed by atoms with Gasteiger partial charge in [0.1, 0.15) is 0 Å². The molecule has 1 aromatic heterocycles. The largest absolute Gasteiger partial charge is 0.338 e. The van der Waals surface area contributed by atoms with Gasteiger partial charge in [-0.15, -0.1) is 0 Å². The van der Waals surface area contributed by atoms with Crippen molar-refractivity contribution in [2.24, 2.45) is 11.1 Å². The molecule has 112 valence electrons. The fraction of sp³-hybridized carbons (Fsp3) is 0.529. The van der Waals surface area contributed by atoms with Crippen molar-refractivity contribution in [1.29, 1.82) is 0 Å². The third-order valence-corrected chi connectivity index (χ3v) is 4.60. The van der Waals surface area contributed by atoms with Crippen LogP contribution in [0.25, 0.3) is 11.4 Å². The predicted octanol–water partition coefficient (Wildman–Crippen LogP) is 3.88.